The minimum absolute atomic E-state index is 0.165. The van der Waals surface area contributed by atoms with Crippen LogP contribution >= 0.6 is 23.2 Å². The molecule has 5 nitrogen and oxygen atoms in total. The molecule has 0 aliphatic carbocycles. The minimum atomic E-state index is -0.165. The first-order valence-corrected chi connectivity index (χ1v) is 7.05. The third kappa shape index (κ3) is 2.95. The summed E-state index contributed by atoms with van der Waals surface area (Å²) in [4.78, 5) is 0. The Morgan fingerprint density at radius 3 is 2.38 bits per heavy atom. The van der Waals surface area contributed by atoms with Gasteiger partial charge in [0.1, 0.15) is 0 Å². The van der Waals surface area contributed by atoms with E-state index in [1.165, 1.54) is 0 Å². The summed E-state index contributed by atoms with van der Waals surface area (Å²) in [5.74, 6) is 1.08. The summed E-state index contributed by atoms with van der Waals surface area (Å²) < 4.78 is 12.3. The molecule has 0 saturated heterocycles. The third-order valence-electron chi connectivity index (χ3n) is 3.29. The Bertz CT molecular complexity index is 624. The molecule has 0 spiro atoms. The molecule has 21 heavy (non-hydrogen) atoms. The van der Waals surface area contributed by atoms with Gasteiger partial charge in [0.2, 0.25) is 0 Å². The zero-order chi connectivity index (χ0) is 15.6. The van der Waals surface area contributed by atoms with Crippen LogP contribution in [0.4, 0.5) is 0 Å². The summed E-state index contributed by atoms with van der Waals surface area (Å²) >= 11 is 12.5. The summed E-state index contributed by atoms with van der Waals surface area (Å²) in [6.07, 6.45) is 1.61. The molecule has 1 unspecified atom stereocenters. The summed E-state index contributed by atoms with van der Waals surface area (Å²) in [5.41, 5.74) is 1.76. The number of hydrogen-bond acceptors (Lipinski definition) is 4. The van der Waals surface area contributed by atoms with Gasteiger partial charge in [-0.2, -0.15) is 5.10 Å². The van der Waals surface area contributed by atoms with E-state index in [0.717, 1.165) is 11.3 Å². The van der Waals surface area contributed by atoms with Crippen LogP contribution < -0.4 is 14.8 Å². The highest BCUT2D eigenvalue weighted by Gasteiger charge is 2.22. The number of benzene rings is 1. The number of halogens is 2. The van der Waals surface area contributed by atoms with E-state index >= 15 is 0 Å². The highest BCUT2D eigenvalue weighted by molar-refractivity contribution is 6.32. The van der Waals surface area contributed by atoms with E-state index in [0.29, 0.717) is 21.5 Å². The molecule has 1 atom stereocenters. The standard InChI is InChI=1S/C14H17Cl2N3O2/c1-17-12(13-10(16)7-18-19(13)2)8-5-9(15)14(21-4)11(6-8)20-3/h5-7,12,17H,1-4H3. The molecular weight excluding hydrogens is 313 g/mol. The van der Waals surface area contributed by atoms with Gasteiger partial charge in [0.15, 0.2) is 11.5 Å². The molecule has 0 amide bonds. The third-order valence-corrected chi connectivity index (χ3v) is 3.86. The van der Waals surface area contributed by atoms with Gasteiger partial charge in [0.25, 0.3) is 0 Å². The zero-order valence-corrected chi connectivity index (χ0v) is 13.8. The van der Waals surface area contributed by atoms with Crippen molar-refractivity contribution in [2.24, 2.45) is 7.05 Å². The Labute approximate surface area is 133 Å². The molecule has 0 saturated carbocycles. The molecular formula is C14H17Cl2N3O2. The second kappa shape index (κ2) is 6.56. The lowest BCUT2D eigenvalue weighted by Gasteiger charge is -2.20. The van der Waals surface area contributed by atoms with Gasteiger partial charge in [-0.15, -0.1) is 0 Å². The quantitative estimate of drug-likeness (QED) is 0.915. The molecule has 0 bridgehead atoms. The second-order valence-corrected chi connectivity index (χ2v) is 5.28. The van der Waals surface area contributed by atoms with Crippen LogP contribution in [0.3, 0.4) is 0 Å². The fourth-order valence-corrected chi connectivity index (χ4v) is 2.88. The maximum Gasteiger partial charge on any atom is 0.179 e. The van der Waals surface area contributed by atoms with Crippen LogP contribution in [0, 0.1) is 0 Å². The van der Waals surface area contributed by atoms with Crippen LogP contribution in [0.15, 0.2) is 18.3 Å². The maximum absolute atomic E-state index is 6.27. The Balaban J connectivity index is 2.56. The molecule has 0 aliphatic rings. The number of rotatable bonds is 5. The molecule has 1 heterocycles. The van der Waals surface area contributed by atoms with Gasteiger partial charge in [-0.1, -0.05) is 23.2 Å². The van der Waals surface area contributed by atoms with Crippen molar-refractivity contribution < 1.29 is 9.47 Å². The lowest BCUT2D eigenvalue weighted by molar-refractivity contribution is 0.354. The minimum Gasteiger partial charge on any atom is -0.493 e. The Morgan fingerprint density at radius 1 is 1.19 bits per heavy atom. The van der Waals surface area contributed by atoms with E-state index in [9.17, 15) is 0 Å². The SMILES string of the molecule is CNC(c1cc(Cl)c(OC)c(OC)c1)c1c(Cl)cnn1C. The van der Waals surface area contributed by atoms with Crippen LogP contribution in [0.25, 0.3) is 0 Å². The van der Waals surface area contributed by atoms with Crippen LogP contribution in [-0.4, -0.2) is 31.0 Å². The van der Waals surface area contributed by atoms with Crippen LogP contribution in [-0.2, 0) is 7.05 Å². The van der Waals surface area contributed by atoms with E-state index in [4.69, 9.17) is 32.7 Å². The van der Waals surface area contributed by atoms with Crippen molar-refractivity contribution in [3.63, 3.8) is 0 Å². The van der Waals surface area contributed by atoms with Gasteiger partial charge >= 0.3 is 0 Å². The molecule has 1 aromatic heterocycles. The predicted molar refractivity (Wildman–Crippen MR) is 83.7 cm³/mol. The highest BCUT2D eigenvalue weighted by atomic mass is 35.5. The van der Waals surface area contributed by atoms with E-state index < -0.39 is 0 Å². The lowest BCUT2D eigenvalue weighted by Crippen LogP contribution is -2.21. The summed E-state index contributed by atoms with van der Waals surface area (Å²) in [6, 6.07) is 3.53. The van der Waals surface area contributed by atoms with Gasteiger partial charge in [-0.25, -0.2) is 0 Å². The van der Waals surface area contributed by atoms with Crippen molar-refractivity contribution >= 4 is 23.2 Å². The number of aryl methyl sites for hydroxylation is 1. The normalized spacial score (nSPS) is 12.3. The van der Waals surface area contributed by atoms with Crippen molar-refractivity contribution in [2.45, 2.75) is 6.04 Å². The zero-order valence-electron chi connectivity index (χ0n) is 12.3. The number of ether oxygens (including phenoxy) is 2. The van der Waals surface area contributed by atoms with E-state index in [1.54, 1.807) is 25.1 Å². The average molecular weight is 330 g/mol. The van der Waals surface area contributed by atoms with Crippen molar-refractivity contribution in [3.8, 4) is 11.5 Å². The van der Waals surface area contributed by atoms with Gasteiger partial charge in [-0.05, 0) is 24.7 Å². The lowest BCUT2D eigenvalue weighted by atomic mass is 10.0. The molecule has 1 aromatic carbocycles. The molecule has 7 heteroatoms. The van der Waals surface area contributed by atoms with Crippen molar-refractivity contribution in [1.82, 2.24) is 15.1 Å². The summed E-state index contributed by atoms with van der Waals surface area (Å²) in [7, 11) is 6.81. The fourth-order valence-electron chi connectivity index (χ4n) is 2.31. The van der Waals surface area contributed by atoms with Crippen LogP contribution in [0.1, 0.15) is 17.3 Å². The van der Waals surface area contributed by atoms with E-state index in [-0.39, 0.29) is 6.04 Å². The molecule has 114 valence electrons. The van der Waals surface area contributed by atoms with Crippen molar-refractivity contribution in [3.05, 3.63) is 39.6 Å². The number of hydrogen-bond donors (Lipinski definition) is 1. The molecule has 2 aromatic rings. The predicted octanol–water partition coefficient (Wildman–Crippen LogP) is 3.05. The van der Waals surface area contributed by atoms with Gasteiger partial charge in [0, 0.05) is 7.05 Å². The maximum atomic E-state index is 6.27. The average Bonchev–Trinajstić information content (AvgIpc) is 2.79. The first kappa shape index (κ1) is 15.9. The van der Waals surface area contributed by atoms with Crippen molar-refractivity contribution in [2.75, 3.05) is 21.3 Å². The number of nitrogens with zero attached hydrogens (tertiary/aromatic N) is 2. The molecule has 0 aliphatic heterocycles. The Kier molecular flexibility index (Phi) is 4.98. The number of methoxy groups -OCH3 is 2. The summed E-state index contributed by atoms with van der Waals surface area (Å²) in [6.45, 7) is 0. The van der Waals surface area contributed by atoms with Crippen LogP contribution in [0.2, 0.25) is 10.0 Å². The molecule has 0 fully saturated rings. The van der Waals surface area contributed by atoms with Gasteiger partial charge < -0.3 is 14.8 Å². The molecule has 0 radical (unpaired) electrons. The van der Waals surface area contributed by atoms with Crippen molar-refractivity contribution in [1.29, 1.82) is 0 Å². The van der Waals surface area contributed by atoms with Gasteiger partial charge in [0.05, 0.1) is 42.2 Å². The Hall–Kier alpha value is -1.43. The summed E-state index contributed by atoms with van der Waals surface area (Å²) in [5, 5.41) is 8.45. The molecule has 2 rings (SSSR count). The fraction of sp³-hybridized carbons (Fsp3) is 0.357. The number of aromatic nitrogens is 2. The van der Waals surface area contributed by atoms with E-state index in [2.05, 4.69) is 10.4 Å². The van der Waals surface area contributed by atoms with Gasteiger partial charge in [-0.3, -0.25) is 4.68 Å². The monoisotopic (exact) mass is 329 g/mol. The first-order chi connectivity index (χ1) is 10.0. The molecule has 1 N–H and O–H groups in total. The largest absolute Gasteiger partial charge is 0.493 e. The first-order valence-electron chi connectivity index (χ1n) is 6.29. The topological polar surface area (TPSA) is 48.3 Å². The Morgan fingerprint density at radius 2 is 1.90 bits per heavy atom. The number of nitrogens with one attached hydrogen (secondary N) is 1. The smallest absolute Gasteiger partial charge is 0.179 e. The van der Waals surface area contributed by atoms with E-state index in [1.807, 2.05) is 26.2 Å². The highest BCUT2D eigenvalue weighted by Crippen LogP contribution is 2.39. The second-order valence-electron chi connectivity index (χ2n) is 4.46. The van der Waals surface area contributed by atoms with Crippen LogP contribution in [0.5, 0.6) is 11.5 Å².